The smallest absolute Gasteiger partial charge is 0.0554 e. The van der Waals surface area contributed by atoms with Crippen LogP contribution in [0.5, 0.6) is 0 Å². The van der Waals surface area contributed by atoms with Gasteiger partial charge >= 0.3 is 0 Å². The topological polar surface area (TPSA) is 26.0 Å². The molecule has 0 radical (unpaired) electrons. The van der Waals surface area contributed by atoms with Crippen molar-refractivity contribution < 1.29 is 0 Å². The maximum absolute atomic E-state index is 6.47. The van der Waals surface area contributed by atoms with Gasteiger partial charge in [-0.1, -0.05) is 49.7 Å². The van der Waals surface area contributed by atoms with E-state index in [0.29, 0.717) is 5.02 Å². The Kier molecular flexibility index (Phi) is 5.25. The summed E-state index contributed by atoms with van der Waals surface area (Å²) in [5.74, 6) is 0. The normalized spacial score (nSPS) is 12.4. The van der Waals surface area contributed by atoms with Crippen LogP contribution < -0.4 is 5.73 Å². The maximum Gasteiger partial charge on any atom is 0.0554 e. The molecule has 3 heteroatoms. The van der Waals surface area contributed by atoms with E-state index in [4.69, 9.17) is 17.3 Å². The first-order chi connectivity index (χ1) is 9.56. The zero-order valence-electron chi connectivity index (χ0n) is 11.8. The summed E-state index contributed by atoms with van der Waals surface area (Å²) in [5, 5.41) is 0.707. The van der Waals surface area contributed by atoms with Gasteiger partial charge in [0.05, 0.1) is 11.1 Å². The number of halogens is 2. The fourth-order valence-electron chi connectivity index (χ4n) is 2.36. The van der Waals surface area contributed by atoms with Gasteiger partial charge in [-0.3, -0.25) is 0 Å². The number of aryl methyl sites for hydroxylation is 2. The Hall–Kier alpha value is -0.830. The molecule has 0 bridgehead atoms. The van der Waals surface area contributed by atoms with Gasteiger partial charge in [0.15, 0.2) is 0 Å². The molecular weight excluding hydrogens is 334 g/mol. The van der Waals surface area contributed by atoms with Gasteiger partial charge in [-0.05, 0) is 63.2 Å². The van der Waals surface area contributed by atoms with E-state index >= 15 is 0 Å². The van der Waals surface area contributed by atoms with Gasteiger partial charge < -0.3 is 5.73 Å². The van der Waals surface area contributed by atoms with Crippen molar-refractivity contribution in [3.8, 4) is 0 Å². The lowest BCUT2D eigenvalue weighted by atomic mass is 9.92. The highest BCUT2D eigenvalue weighted by Gasteiger charge is 2.14. The average molecular weight is 353 g/mol. The molecule has 2 rings (SSSR count). The predicted octanol–water partition coefficient (Wildman–Crippen LogP) is 5.28. The molecule has 0 aliphatic heterocycles. The van der Waals surface area contributed by atoms with Crippen molar-refractivity contribution in [3.05, 3.63) is 68.1 Å². The van der Waals surface area contributed by atoms with E-state index in [1.165, 1.54) is 16.7 Å². The Bertz CT molecular complexity index is 610. The second kappa shape index (κ2) is 6.75. The molecule has 106 valence electrons. The van der Waals surface area contributed by atoms with Gasteiger partial charge in [0, 0.05) is 4.47 Å². The molecule has 0 saturated carbocycles. The standard InChI is InChI=1S/C17H19BrClN/c1-3-11-5-6-12(4-2)14(9-11)17(20)13-7-8-16(19)15(18)10-13/h5-10,17H,3-4,20H2,1-2H3. The van der Waals surface area contributed by atoms with Crippen molar-refractivity contribution in [1.29, 1.82) is 0 Å². The first-order valence-electron chi connectivity index (χ1n) is 6.89. The van der Waals surface area contributed by atoms with Gasteiger partial charge in [-0.2, -0.15) is 0 Å². The monoisotopic (exact) mass is 351 g/mol. The van der Waals surface area contributed by atoms with Crippen molar-refractivity contribution >= 4 is 27.5 Å². The molecule has 0 fully saturated rings. The van der Waals surface area contributed by atoms with Crippen molar-refractivity contribution in [3.63, 3.8) is 0 Å². The SMILES string of the molecule is CCc1ccc(CC)c(C(N)c2ccc(Cl)c(Br)c2)c1. The quantitative estimate of drug-likeness (QED) is 0.796. The third-order valence-corrected chi connectivity index (χ3v) is 4.85. The lowest BCUT2D eigenvalue weighted by molar-refractivity contribution is 0.844. The predicted molar refractivity (Wildman–Crippen MR) is 90.4 cm³/mol. The van der Waals surface area contributed by atoms with E-state index in [9.17, 15) is 0 Å². The van der Waals surface area contributed by atoms with E-state index < -0.39 is 0 Å². The average Bonchev–Trinajstić information content (AvgIpc) is 2.48. The summed E-state index contributed by atoms with van der Waals surface area (Å²) < 4.78 is 0.886. The van der Waals surface area contributed by atoms with Crippen molar-refractivity contribution in [1.82, 2.24) is 0 Å². The second-order valence-corrected chi connectivity index (χ2v) is 6.15. The highest BCUT2D eigenvalue weighted by atomic mass is 79.9. The fraction of sp³-hybridized carbons (Fsp3) is 0.294. The van der Waals surface area contributed by atoms with Crippen LogP contribution in [0.2, 0.25) is 5.02 Å². The van der Waals surface area contributed by atoms with E-state index in [1.807, 2.05) is 18.2 Å². The lowest BCUT2D eigenvalue weighted by Crippen LogP contribution is -2.14. The molecule has 0 aliphatic rings. The van der Waals surface area contributed by atoms with Crippen LogP contribution >= 0.6 is 27.5 Å². The molecule has 0 aromatic heterocycles. The molecule has 0 saturated heterocycles. The Labute approximate surface area is 134 Å². The van der Waals surface area contributed by atoms with E-state index in [2.05, 4.69) is 48.0 Å². The van der Waals surface area contributed by atoms with E-state index in [1.54, 1.807) is 0 Å². The van der Waals surface area contributed by atoms with Crippen LogP contribution in [-0.2, 0) is 12.8 Å². The first-order valence-corrected chi connectivity index (χ1v) is 8.06. The van der Waals surface area contributed by atoms with Gasteiger partial charge in [0.1, 0.15) is 0 Å². The lowest BCUT2D eigenvalue weighted by Gasteiger charge is -2.18. The molecule has 0 spiro atoms. The maximum atomic E-state index is 6.47. The Morgan fingerprint density at radius 3 is 2.45 bits per heavy atom. The van der Waals surface area contributed by atoms with Gasteiger partial charge in [-0.15, -0.1) is 0 Å². The Morgan fingerprint density at radius 2 is 1.85 bits per heavy atom. The molecule has 2 N–H and O–H groups in total. The molecule has 0 aliphatic carbocycles. The number of hydrogen-bond donors (Lipinski definition) is 1. The third-order valence-electron chi connectivity index (χ3n) is 3.64. The summed E-state index contributed by atoms with van der Waals surface area (Å²) in [4.78, 5) is 0. The van der Waals surface area contributed by atoms with Crippen molar-refractivity contribution in [2.45, 2.75) is 32.7 Å². The van der Waals surface area contributed by atoms with Crippen LogP contribution in [0.15, 0.2) is 40.9 Å². The number of hydrogen-bond acceptors (Lipinski definition) is 1. The summed E-state index contributed by atoms with van der Waals surface area (Å²) >= 11 is 9.51. The minimum Gasteiger partial charge on any atom is -0.320 e. The van der Waals surface area contributed by atoms with Gasteiger partial charge in [-0.25, -0.2) is 0 Å². The molecule has 1 atom stereocenters. The summed E-state index contributed by atoms with van der Waals surface area (Å²) in [7, 11) is 0. The Morgan fingerprint density at radius 1 is 1.10 bits per heavy atom. The molecule has 2 aromatic carbocycles. The third kappa shape index (κ3) is 3.25. The van der Waals surface area contributed by atoms with Crippen LogP contribution in [-0.4, -0.2) is 0 Å². The molecule has 2 aromatic rings. The van der Waals surface area contributed by atoms with Crippen LogP contribution in [0.4, 0.5) is 0 Å². The molecule has 0 amide bonds. The summed E-state index contributed by atoms with van der Waals surface area (Å²) in [5.41, 5.74) is 11.4. The minimum atomic E-state index is -0.120. The molecule has 20 heavy (non-hydrogen) atoms. The zero-order chi connectivity index (χ0) is 14.7. The van der Waals surface area contributed by atoms with Gasteiger partial charge in [0.25, 0.3) is 0 Å². The molecule has 1 unspecified atom stereocenters. The van der Waals surface area contributed by atoms with Gasteiger partial charge in [0.2, 0.25) is 0 Å². The first kappa shape index (κ1) is 15.6. The summed E-state index contributed by atoms with van der Waals surface area (Å²) in [6.45, 7) is 4.32. The second-order valence-electron chi connectivity index (χ2n) is 4.89. The number of rotatable bonds is 4. The van der Waals surface area contributed by atoms with Crippen LogP contribution in [0.25, 0.3) is 0 Å². The minimum absolute atomic E-state index is 0.120. The zero-order valence-corrected chi connectivity index (χ0v) is 14.1. The number of benzene rings is 2. The molecule has 1 nitrogen and oxygen atoms in total. The van der Waals surface area contributed by atoms with E-state index in [0.717, 1.165) is 22.9 Å². The van der Waals surface area contributed by atoms with E-state index in [-0.39, 0.29) is 6.04 Å². The van der Waals surface area contributed by atoms with Crippen LogP contribution in [0.1, 0.15) is 42.1 Å². The van der Waals surface area contributed by atoms with Crippen LogP contribution in [0.3, 0.4) is 0 Å². The summed E-state index contributed by atoms with van der Waals surface area (Å²) in [6, 6.07) is 12.4. The largest absolute Gasteiger partial charge is 0.320 e. The highest BCUT2D eigenvalue weighted by Crippen LogP contribution is 2.30. The fourth-order valence-corrected chi connectivity index (χ4v) is 2.88. The van der Waals surface area contributed by atoms with Crippen LogP contribution in [0, 0.1) is 0 Å². The highest BCUT2D eigenvalue weighted by molar-refractivity contribution is 9.10. The summed E-state index contributed by atoms with van der Waals surface area (Å²) in [6.07, 6.45) is 2.01. The number of nitrogens with two attached hydrogens (primary N) is 1. The van der Waals surface area contributed by atoms with Crippen molar-refractivity contribution in [2.75, 3.05) is 0 Å². The molecule has 0 heterocycles. The van der Waals surface area contributed by atoms with Crippen molar-refractivity contribution in [2.24, 2.45) is 5.73 Å². The molecular formula is C17H19BrClN. The Balaban J connectivity index is 2.45.